The average molecular weight is 385 g/mol. The molecule has 1 aliphatic rings. The number of carbonyl (C=O) groups excluding carboxylic acids is 1. The number of nitrogens with zero attached hydrogens (tertiary/aromatic N) is 3. The van der Waals surface area contributed by atoms with Crippen molar-refractivity contribution in [3.05, 3.63) is 41.8 Å². The molecule has 1 aliphatic heterocycles. The van der Waals surface area contributed by atoms with E-state index in [1.807, 2.05) is 0 Å². The van der Waals surface area contributed by atoms with E-state index in [2.05, 4.69) is 10.3 Å². The number of para-hydroxylation sites is 1. The molecule has 25 heavy (non-hydrogen) atoms. The van der Waals surface area contributed by atoms with Crippen LogP contribution >= 0.6 is 11.6 Å². The number of anilines is 1. The Morgan fingerprint density at radius 3 is 2.72 bits per heavy atom. The van der Waals surface area contributed by atoms with Crippen molar-refractivity contribution in [2.24, 2.45) is 0 Å². The summed E-state index contributed by atoms with van der Waals surface area (Å²) in [4.78, 5) is 16.0. The number of aromatic nitrogens is 2. The Balaban J connectivity index is 1.67. The molecule has 3 rings (SSSR count). The van der Waals surface area contributed by atoms with Gasteiger partial charge in [-0.3, -0.25) is 4.79 Å². The highest BCUT2D eigenvalue weighted by atomic mass is 35.5. The summed E-state index contributed by atoms with van der Waals surface area (Å²) < 4.78 is 32.9. The summed E-state index contributed by atoms with van der Waals surface area (Å²) in [6.07, 6.45) is 2.66. The highest BCUT2D eigenvalue weighted by Crippen LogP contribution is 2.20. The molecule has 1 amide bonds. The Labute approximate surface area is 150 Å². The maximum Gasteiger partial charge on any atom is 0.262 e. The summed E-state index contributed by atoms with van der Waals surface area (Å²) in [7, 11) is -3.67. The van der Waals surface area contributed by atoms with Gasteiger partial charge in [0.05, 0.1) is 30.3 Å². The molecule has 0 saturated carbocycles. The molecule has 1 fully saturated rings. The number of halogens is 1. The third-order valence-corrected chi connectivity index (χ3v) is 5.77. The van der Waals surface area contributed by atoms with Crippen LogP contribution in [-0.4, -0.2) is 54.5 Å². The van der Waals surface area contributed by atoms with Crippen molar-refractivity contribution >= 4 is 33.2 Å². The van der Waals surface area contributed by atoms with E-state index < -0.39 is 10.0 Å². The molecular weight excluding hydrogens is 368 g/mol. The van der Waals surface area contributed by atoms with Crippen molar-refractivity contribution in [2.75, 3.05) is 31.6 Å². The molecule has 134 valence electrons. The van der Waals surface area contributed by atoms with Gasteiger partial charge < -0.3 is 14.6 Å². The quantitative estimate of drug-likeness (QED) is 0.835. The van der Waals surface area contributed by atoms with E-state index in [-0.39, 0.29) is 17.5 Å². The third kappa shape index (κ3) is 4.18. The minimum Gasteiger partial charge on any atom is -0.379 e. The zero-order chi connectivity index (χ0) is 17.9. The standard InChI is InChI=1S/C15H17ClN4O4S/c16-12-3-1-2-4-13(12)18-14(21)9-19-10-15(17-11-19)25(22,23)20-5-7-24-8-6-20/h1-4,10-11H,5-9H2,(H,18,21). The summed E-state index contributed by atoms with van der Waals surface area (Å²) >= 11 is 5.99. The van der Waals surface area contributed by atoms with E-state index >= 15 is 0 Å². The lowest BCUT2D eigenvalue weighted by molar-refractivity contribution is -0.116. The zero-order valence-electron chi connectivity index (χ0n) is 13.3. The Hall–Kier alpha value is -1.94. The monoisotopic (exact) mass is 384 g/mol. The molecule has 1 aromatic heterocycles. The van der Waals surface area contributed by atoms with Crippen LogP contribution in [0.3, 0.4) is 0 Å². The van der Waals surface area contributed by atoms with Crippen LogP contribution in [-0.2, 0) is 26.1 Å². The second-order valence-electron chi connectivity index (χ2n) is 5.43. The molecule has 0 radical (unpaired) electrons. The van der Waals surface area contributed by atoms with Gasteiger partial charge in [0.1, 0.15) is 6.54 Å². The molecule has 1 saturated heterocycles. The van der Waals surface area contributed by atoms with Gasteiger partial charge in [0.2, 0.25) is 5.91 Å². The fourth-order valence-electron chi connectivity index (χ4n) is 2.40. The molecule has 2 aromatic rings. The maximum absolute atomic E-state index is 12.5. The number of carbonyl (C=O) groups is 1. The fourth-order valence-corrected chi connectivity index (χ4v) is 3.92. The van der Waals surface area contributed by atoms with Crippen LogP contribution in [0, 0.1) is 0 Å². The first-order chi connectivity index (χ1) is 12.0. The summed E-state index contributed by atoms with van der Waals surface area (Å²) in [6, 6.07) is 6.87. The molecule has 0 bridgehead atoms. The Bertz CT molecular complexity index is 862. The molecule has 8 nitrogen and oxygen atoms in total. The lowest BCUT2D eigenvalue weighted by atomic mass is 10.3. The maximum atomic E-state index is 12.5. The molecule has 1 aromatic carbocycles. The summed E-state index contributed by atoms with van der Waals surface area (Å²) in [6.45, 7) is 1.24. The minimum atomic E-state index is -3.67. The normalized spacial score (nSPS) is 15.9. The molecule has 2 heterocycles. The third-order valence-electron chi connectivity index (χ3n) is 3.66. The summed E-state index contributed by atoms with van der Waals surface area (Å²) in [5, 5.41) is 3.02. The van der Waals surface area contributed by atoms with Crippen LogP contribution in [0.4, 0.5) is 5.69 Å². The largest absolute Gasteiger partial charge is 0.379 e. The van der Waals surface area contributed by atoms with Crippen molar-refractivity contribution in [1.82, 2.24) is 13.9 Å². The van der Waals surface area contributed by atoms with Gasteiger partial charge in [-0.05, 0) is 12.1 Å². The van der Waals surface area contributed by atoms with E-state index in [9.17, 15) is 13.2 Å². The van der Waals surface area contributed by atoms with Crippen molar-refractivity contribution < 1.29 is 17.9 Å². The molecular formula is C15H17ClN4O4S. The van der Waals surface area contributed by atoms with Crippen LogP contribution in [0.25, 0.3) is 0 Å². The number of benzene rings is 1. The first-order valence-electron chi connectivity index (χ1n) is 7.61. The Morgan fingerprint density at radius 1 is 1.28 bits per heavy atom. The SMILES string of the molecule is O=C(Cn1cnc(S(=O)(=O)N2CCOCC2)c1)Nc1ccccc1Cl. The van der Waals surface area contributed by atoms with E-state index in [1.165, 1.54) is 21.4 Å². The number of sulfonamides is 1. The van der Waals surface area contributed by atoms with Crippen LogP contribution in [0.15, 0.2) is 41.8 Å². The average Bonchev–Trinajstić information content (AvgIpc) is 3.07. The van der Waals surface area contributed by atoms with Gasteiger partial charge in [0.25, 0.3) is 10.0 Å². The molecule has 1 N–H and O–H groups in total. The predicted molar refractivity (Wildman–Crippen MR) is 91.9 cm³/mol. The Morgan fingerprint density at radius 2 is 2.00 bits per heavy atom. The fraction of sp³-hybridized carbons (Fsp3) is 0.333. The number of morpholine rings is 1. The molecule has 0 spiro atoms. The van der Waals surface area contributed by atoms with Crippen LogP contribution in [0.5, 0.6) is 0 Å². The van der Waals surface area contributed by atoms with Crippen molar-refractivity contribution in [3.8, 4) is 0 Å². The van der Waals surface area contributed by atoms with Gasteiger partial charge in [-0.1, -0.05) is 23.7 Å². The second kappa shape index (κ2) is 7.52. The smallest absolute Gasteiger partial charge is 0.262 e. The van der Waals surface area contributed by atoms with Gasteiger partial charge >= 0.3 is 0 Å². The topological polar surface area (TPSA) is 93.5 Å². The number of rotatable bonds is 5. The van der Waals surface area contributed by atoms with Crippen molar-refractivity contribution in [1.29, 1.82) is 0 Å². The second-order valence-corrected chi connectivity index (χ2v) is 7.72. The Kier molecular flexibility index (Phi) is 5.38. The predicted octanol–water partition coefficient (Wildman–Crippen LogP) is 1.20. The van der Waals surface area contributed by atoms with E-state index in [0.29, 0.717) is 37.0 Å². The van der Waals surface area contributed by atoms with Gasteiger partial charge in [-0.2, -0.15) is 4.31 Å². The van der Waals surface area contributed by atoms with E-state index in [1.54, 1.807) is 24.3 Å². The van der Waals surface area contributed by atoms with Gasteiger partial charge in [0.15, 0.2) is 5.03 Å². The highest BCUT2D eigenvalue weighted by molar-refractivity contribution is 7.89. The lowest BCUT2D eigenvalue weighted by Gasteiger charge is -2.24. The van der Waals surface area contributed by atoms with Crippen molar-refractivity contribution in [2.45, 2.75) is 11.6 Å². The zero-order valence-corrected chi connectivity index (χ0v) is 14.8. The summed E-state index contributed by atoms with van der Waals surface area (Å²) in [5.41, 5.74) is 0.496. The number of nitrogens with one attached hydrogen (secondary N) is 1. The number of hydrogen-bond acceptors (Lipinski definition) is 5. The van der Waals surface area contributed by atoms with Crippen LogP contribution < -0.4 is 5.32 Å². The highest BCUT2D eigenvalue weighted by Gasteiger charge is 2.28. The summed E-state index contributed by atoms with van der Waals surface area (Å²) in [5.74, 6) is -0.333. The molecule has 0 aliphatic carbocycles. The minimum absolute atomic E-state index is 0.0726. The van der Waals surface area contributed by atoms with Crippen LogP contribution in [0.1, 0.15) is 0 Å². The molecule has 10 heteroatoms. The molecule has 0 unspecified atom stereocenters. The number of amides is 1. The first kappa shape index (κ1) is 17.9. The van der Waals surface area contributed by atoms with Crippen molar-refractivity contribution in [3.63, 3.8) is 0 Å². The first-order valence-corrected chi connectivity index (χ1v) is 9.42. The van der Waals surface area contributed by atoms with Gasteiger partial charge in [-0.25, -0.2) is 13.4 Å². The van der Waals surface area contributed by atoms with E-state index in [4.69, 9.17) is 16.3 Å². The van der Waals surface area contributed by atoms with Crippen LogP contribution in [0.2, 0.25) is 5.02 Å². The van der Waals surface area contributed by atoms with Gasteiger partial charge in [0, 0.05) is 19.3 Å². The van der Waals surface area contributed by atoms with E-state index in [0.717, 1.165) is 0 Å². The van der Waals surface area contributed by atoms with Gasteiger partial charge in [-0.15, -0.1) is 0 Å². The number of ether oxygens (including phenoxy) is 1. The number of imidazole rings is 1. The molecule has 0 atom stereocenters. The number of hydrogen-bond donors (Lipinski definition) is 1. The lowest BCUT2D eigenvalue weighted by Crippen LogP contribution is -2.40.